The van der Waals surface area contributed by atoms with E-state index < -0.39 is 22.5 Å². The molecule has 0 atom stereocenters. The zero-order valence-electron chi connectivity index (χ0n) is 12.5. The summed E-state index contributed by atoms with van der Waals surface area (Å²) in [6, 6.07) is 8.25. The fourth-order valence-electron chi connectivity index (χ4n) is 2.27. The standard InChI is InChI=1S/C15H11Cl2NO6S/c16-9-1-3-11(17)14(5-9)25(21,22)18(7-15(19)20)10-2-4-12-13(6-10)24-8-23-12/h1-6H,7-8H2,(H,19,20). The molecule has 0 aromatic heterocycles. The molecule has 0 bridgehead atoms. The van der Waals surface area contributed by atoms with Crippen LogP contribution in [0.2, 0.25) is 10.0 Å². The number of sulfonamides is 1. The van der Waals surface area contributed by atoms with Gasteiger partial charge < -0.3 is 14.6 Å². The second kappa shape index (κ2) is 6.62. The minimum atomic E-state index is -4.28. The van der Waals surface area contributed by atoms with E-state index >= 15 is 0 Å². The van der Waals surface area contributed by atoms with Crippen molar-refractivity contribution in [1.82, 2.24) is 0 Å². The third kappa shape index (κ3) is 3.46. The highest BCUT2D eigenvalue weighted by Crippen LogP contribution is 2.38. The largest absolute Gasteiger partial charge is 0.480 e. The maximum Gasteiger partial charge on any atom is 0.324 e. The Labute approximate surface area is 153 Å². The third-order valence-electron chi connectivity index (χ3n) is 3.38. The van der Waals surface area contributed by atoms with Gasteiger partial charge in [-0.25, -0.2) is 8.42 Å². The zero-order valence-corrected chi connectivity index (χ0v) is 14.8. The van der Waals surface area contributed by atoms with E-state index in [1.165, 1.54) is 36.4 Å². The normalized spacial score (nSPS) is 12.9. The van der Waals surface area contributed by atoms with Gasteiger partial charge in [0.15, 0.2) is 11.5 Å². The van der Waals surface area contributed by atoms with Crippen LogP contribution >= 0.6 is 23.2 Å². The minimum absolute atomic E-state index is 0.00455. The van der Waals surface area contributed by atoms with Crippen LogP contribution in [0, 0.1) is 0 Å². The van der Waals surface area contributed by atoms with Gasteiger partial charge in [0.25, 0.3) is 10.0 Å². The number of nitrogens with zero attached hydrogens (tertiary/aromatic N) is 1. The Morgan fingerprint density at radius 1 is 1.12 bits per heavy atom. The lowest BCUT2D eigenvalue weighted by molar-refractivity contribution is -0.135. The first-order chi connectivity index (χ1) is 11.8. The van der Waals surface area contributed by atoms with Crippen LogP contribution in [0.5, 0.6) is 11.5 Å². The number of anilines is 1. The molecule has 0 radical (unpaired) electrons. The van der Waals surface area contributed by atoms with E-state index in [4.69, 9.17) is 37.8 Å². The van der Waals surface area contributed by atoms with Crippen molar-refractivity contribution in [2.24, 2.45) is 0 Å². The zero-order chi connectivity index (χ0) is 18.2. The number of halogens is 2. The van der Waals surface area contributed by atoms with Crippen LogP contribution in [0.1, 0.15) is 0 Å². The van der Waals surface area contributed by atoms with Gasteiger partial charge in [-0.05, 0) is 30.3 Å². The molecule has 25 heavy (non-hydrogen) atoms. The van der Waals surface area contributed by atoms with Crippen LogP contribution in [0.3, 0.4) is 0 Å². The highest BCUT2D eigenvalue weighted by molar-refractivity contribution is 7.93. The molecule has 132 valence electrons. The monoisotopic (exact) mass is 403 g/mol. The van der Waals surface area contributed by atoms with E-state index in [0.29, 0.717) is 11.5 Å². The summed E-state index contributed by atoms with van der Waals surface area (Å²) in [5.41, 5.74) is 0.0997. The highest BCUT2D eigenvalue weighted by atomic mass is 35.5. The van der Waals surface area contributed by atoms with Crippen LogP contribution < -0.4 is 13.8 Å². The van der Waals surface area contributed by atoms with E-state index in [9.17, 15) is 13.2 Å². The summed E-state index contributed by atoms with van der Waals surface area (Å²) in [5, 5.41) is 9.24. The Morgan fingerprint density at radius 2 is 1.84 bits per heavy atom. The Balaban J connectivity index is 2.12. The molecule has 2 aromatic carbocycles. The molecule has 0 unspecified atom stereocenters. The summed E-state index contributed by atoms with van der Waals surface area (Å²) >= 11 is 11.8. The molecule has 3 rings (SSSR count). The number of hydrogen-bond acceptors (Lipinski definition) is 5. The van der Waals surface area contributed by atoms with Gasteiger partial charge in [0.2, 0.25) is 6.79 Å². The molecule has 0 amide bonds. The Hall–Kier alpha value is -2.16. The number of carboxylic acids is 1. The first-order valence-electron chi connectivity index (χ1n) is 6.88. The Kier molecular flexibility index (Phi) is 4.68. The highest BCUT2D eigenvalue weighted by Gasteiger charge is 2.30. The van der Waals surface area contributed by atoms with Gasteiger partial charge in [0.05, 0.1) is 10.7 Å². The Morgan fingerprint density at radius 3 is 2.56 bits per heavy atom. The second-order valence-corrected chi connectivity index (χ2v) is 7.69. The van der Waals surface area contributed by atoms with Crippen LogP contribution in [0.15, 0.2) is 41.3 Å². The van der Waals surface area contributed by atoms with Gasteiger partial charge in [-0.2, -0.15) is 0 Å². The van der Waals surface area contributed by atoms with Crippen molar-refractivity contribution < 1.29 is 27.8 Å². The van der Waals surface area contributed by atoms with Crippen LogP contribution in [0.4, 0.5) is 5.69 Å². The maximum atomic E-state index is 13.0. The fourth-order valence-corrected chi connectivity index (χ4v) is 4.42. The summed E-state index contributed by atoms with van der Waals surface area (Å²) in [7, 11) is -4.28. The Bertz CT molecular complexity index is 947. The first-order valence-corrected chi connectivity index (χ1v) is 9.08. The molecule has 1 aliphatic rings. The number of rotatable bonds is 5. The van der Waals surface area contributed by atoms with Gasteiger partial charge in [-0.15, -0.1) is 0 Å². The molecule has 1 heterocycles. The number of hydrogen-bond donors (Lipinski definition) is 1. The molecule has 10 heteroatoms. The molecule has 1 N–H and O–H groups in total. The summed E-state index contributed by atoms with van der Waals surface area (Å²) in [6.07, 6.45) is 0. The van der Waals surface area contributed by atoms with Crippen molar-refractivity contribution in [3.05, 3.63) is 46.4 Å². The lowest BCUT2D eigenvalue weighted by atomic mass is 10.3. The topological polar surface area (TPSA) is 93.1 Å². The molecule has 7 nitrogen and oxygen atoms in total. The van der Waals surface area contributed by atoms with Crippen molar-refractivity contribution in [2.75, 3.05) is 17.6 Å². The lowest BCUT2D eigenvalue weighted by Gasteiger charge is -2.23. The van der Waals surface area contributed by atoms with Gasteiger partial charge in [-0.3, -0.25) is 9.10 Å². The lowest BCUT2D eigenvalue weighted by Crippen LogP contribution is -2.35. The van der Waals surface area contributed by atoms with E-state index in [1.807, 2.05) is 0 Å². The van der Waals surface area contributed by atoms with E-state index in [1.54, 1.807) is 0 Å². The van der Waals surface area contributed by atoms with Gasteiger partial charge in [-0.1, -0.05) is 23.2 Å². The van der Waals surface area contributed by atoms with Crippen molar-refractivity contribution in [3.63, 3.8) is 0 Å². The number of fused-ring (bicyclic) bond motifs is 1. The molecule has 0 aliphatic carbocycles. The van der Waals surface area contributed by atoms with Crippen molar-refractivity contribution in [1.29, 1.82) is 0 Å². The third-order valence-corrected chi connectivity index (χ3v) is 5.87. The molecule has 0 saturated carbocycles. The summed E-state index contributed by atoms with van der Waals surface area (Å²) < 4.78 is 37.1. The average Bonchev–Trinajstić information content (AvgIpc) is 3.02. The first kappa shape index (κ1) is 17.7. The van der Waals surface area contributed by atoms with E-state index in [-0.39, 0.29) is 27.4 Å². The van der Waals surface area contributed by atoms with E-state index in [2.05, 4.69) is 0 Å². The minimum Gasteiger partial charge on any atom is -0.480 e. The van der Waals surface area contributed by atoms with Crippen LogP contribution in [-0.4, -0.2) is 32.8 Å². The molecular weight excluding hydrogens is 393 g/mol. The van der Waals surface area contributed by atoms with Crippen molar-refractivity contribution in [3.8, 4) is 11.5 Å². The number of ether oxygens (including phenoxy) is 2. The second-order valence-electron chi connectivity index (χ2n) is 5.02. The number of carbonyl (C=O) groups is 1. The molecule has 0 spiro atoms. The van der Waals surface area contributed by atoms with Gasteiger partial charge in [0.1, 0.15) is 11.4 Å². The van der Waals surface area contributed by atoms with Crippen LogP contribution in [-0.2, 0) is 14.8 Å². The predicted molar refractivity (Wildman–Crippen MR) is 91.2 cm³/mol. The van der Waals surface area contributed by atoms with E-state index in [0.717, 1.165) is 4.31 Å². The molecule has 1 aliphatic heterocycles. The molecule has 2 aromatic rings. The van der Waals surface area contributed by atoms with Gasteiger partial charge in [0, 0.05) is 11.1 Å². The predicted octanol–water partition coefficient (Wildman–Crippen LogP) is 3.00. The van der Waals surface area contributed by atoms with Crippen molar-refractivity contribution in [2.45, 2.75) is 4.90 Å². The molecule has 0 saturated heterocycles. The summed E-state index contributed by atoms with van der Waals surface area (Å²) in [5.74, 6) is -0.572. The smallest absolute Gasteiger partial charge is 0.324 e. The average molecular weight is 404 g/mol. The maximum absolute atomic E-state index is 13.0. The van der Waals surface area contributed by atoms with Crippen LogP contribution in [0.25, 0.3) is 0 Å². The number of benzene rings is 2. The number of aliphatic carboxylic acids is 1. The molecular formula is C15H11Cl2NO6S. The number of carboxylic acid groups (broad SMARTS) is 1. The summed E-state index contributed by atoms with van der Waals surface area (Å²) in [4.78, 5) is 10.9. The molecule has 0 fully saturated rings. The summed E-state index contributed by atoms with van der Waals surface area (Å²) in [6.45, 7) is -0.796. The van der Waals surface area contributed by atoms with Gasteiger partial charge >= 0.3 is 5.97 Å². The quantitative estimate of drug-likeness (QED) is 0.824. The fraction of sp³-hybridized carbons (Fsp3) is 0.133. The SMILES string of the molecule is O=C(O)CN(c1ccc2c(c1)OCO2)S(=O)(=O)c1cc(Cl)ccc1Cl. The van der Waals surface area contributed by atoms with Crippen molar-refractivity contribution >= 4 is 44.9 Å².